The number of pyridine rings is 2. The number of rotatable bonds is 7. The van der Waals surface area contributed by atoms with Crippen molar-refractivity contribution in [3.8, 4) is 28.3 Å². The van der Waals surface area contributed by atoms with E-state index in [-0.39, 0.29) is 12.3 Å². The van der Waals surface area contributed by atoms with E-state index in [1.54, 1.807) is 6.20 Å². The second kappa shape index (κ2) is 10.6. The molecule has 1 saturated heterocycles. The molecule has 1 fully saturated rings. The summed E-state index contributed by atoms with van der Waals surface area (Å²) < 4.78 is 2.04. The molecule has 0 atom stereocenters. The van der Waals surface area contributed by atoms with Gasteiger partial charge in [0.05, 0.1) is 17.7 Å². The molecule has 6 rings (SSSR count). The summed E-state index contributed by atoms with van der Waals surface area (Å²) in [5, 5.41) is 3.40. The second-order valence-corrected chi connectivity index (χ2v) is 9.78. The first-order valence-electron chi connectivity index (χ1n) is 13.1. The maximum atomic E-state index is 11.5. The van der Waals surface area contributed by atoms with Gasteiger partial charge in [-0.3, -0.25) is 14.3 Å². The first-order valence-corrected chi connectivity index (χ1v) is 13.1. The van der Waals surface area contributed by atoms with Gasteiger partial charge in [-0.25, -0.2) is 15.0 Å². The van der Waals surface area contributed by atoms with Crippen LogP contribution in [0.15, 0.2) is 79.0 Å². The first kappa shape index (κ1) is 24.7. The lowest BCUT2D eigenvalue weighted by molar-refractivity contribution is -0.117. The zero-order valence-electron chi connectivity index (χ0n) is 21.5. The van der Waals surface area contributed by atoms with Crippen molar-refractivity contribution in [2.24, 2.45) is 5.73 Å². The number of anilines is 1. The number of nitrogen functional groups attached to an aromatic ring is 1. The molecule has 1 aliphatic heterocycles. The largest absolute Gasteiger partial charge is 0.383 e. The summed E-state index contributed by atoms with van der Waals surface area (Å²) in [5.74, 6) is 0.717. The van der Waals surface area contributed by atoms with Gasteiger partial charge in [0, 0.05) is 50.2 Å². The Bertz CT molecular complexity index is 1640. The lowest BCUT2D eigenvalue weighted by Crippen LogP contribution is -2.42. The van der Waals surface area contributed by atoms with Gasteiger partial charge < -0.3 is 16.8 Å². The minimum Gasteiger partial charge on any atom is -0.383 e. The number of carbonyl (C=O) groups excluding carboxylic acids is 1. The number of fused-ring (bicyclic) bond motifs is 1. The fourth-order valence-electron chi connectivity index (χ4n) is 5.07. The minimum absolute atomic E-state index is 0.179. The van der Waals surface area contributed by atoms with Gasteiger partial charge in [-0.2, -0.15) is 0 Å². The molecule has 0 saturated carbocycles. The van der Waals surface area contributed by atoms with Crippen molar-refractivity contribution >= 4 is 22.9 Å². The van der Waals surface area contributed by atoms with Crippen LogP contribution >= 0.6 is 0 Å². The van der Waals surface area contributed by atoms with Gasteiger partial charge in [0.25, 0.3) is 0 Å². The Balaban J connectivity index is 1.45. The van der Waals surface area contributed by atoms with Gasteiger partial charge in [0.1, 0.15) is 11.3 Å². The van der Waals surface area contributed by atoms with Crippen molar-refractivity contribution < 1.29 is 4.79 Å². The maximum Gasteiger partial charge on any atom is 0.221 e. The van der Waals surface area contributed by atoms with Crippen LogP contribution in [0.1, 0.15) is 11.1 Å². The summed E-state index contributed by atoms with van der Waals surface area (Å²) in [7, 11) is 0. The van der Waals surface area contributed by atoms with Crippen LogP contribution in [0.2, 0.25) is 0 Å². The van der Waals surface area contributed by atoms with E-state index in [1.165, 1.54) is 5.56 Å². The van der Waals surface area contributed by atoms with Crippen molar-refractivity contribution in [3.05, 3.63) is 90.1 Å². The second-order valence-electron chi connectivity index (χ2n) is 9.78. The average Bonchev–Trinajstić information content (AvgIpc) is 3.33. The summed E-state index contributed by atoms with van der Waals surface area (Å²) in [6, 6.07) is 24.0. The molecule has 39 heavy (non-hydrogen) atoms. The van der Waals surface area contributed by atoms with Crippen LogP contribution in [0, 0.1) is 0 Å². The molecule has 9 nitrogen and oxygen atoms in total. The molecule has 0 unspecified atom stereocenters. The number of nitrogens with two attached hydrogens (primary N) is 2. The quantitative estimate of drug-likeness (QED) is 0.302. The lowest BCUT2D eigenvalue weighted by atomic mass is 10.1. The van der Waals surface area contributed by atoms with Crippen molar-refractivity contribution in [1.82, 2.24) is 29.7 Å². The molecule has 4 heterocycles. The van der Waals surface area contributed by atoms with E-state index in [2.05, 4.69) is 39.5 Å². The molecule has 9 heteroatoms. The predicted octanol–water partition coefficient (Wildman–Crippen LogP) is 3.16. The summed E-state index contributed by atoms with van der Waals surface area (Å²) in [5.41, 5.74) is 18.6. The van der Waals surface area contributed by atoms with E-state index in [9.17, 15) is 4.79 Å². The van der Waals surface area contributed by atoms with Crippen LogP contribution in [0.25, 0.3) is 39.5 Å². The van der Waals surface area contributed by atoms with Crippen LogP contribution in [0.4, 0.5) is 5.82 Å². The summed E-state index contributed by atoms with van der Waals surface area (Å²) in [4.78, 5) is 28.2. The van der Waals surface area contributed by atoms with Crippen molar-refractivity contribution in [1.29, 1.82) is 0 Å². The number of primary amides is 1. The third kappa shape index (κ3) is 5.22. The molecule has 1 amide bonds. The normalized spacial score (nSPS) is 14.1. The monoisotopic (exact) mass is 518 g/mol. The number of piperazine rings is 1. The molecule has 0 bridgehead atoms. The number of nitrogens with one attached hydrogen (secondary N) is 1. The summed E-state index contributed by atoms with van der Waals surface area (Å²) >= 11 is 0. The number of benzene rings is 2. The molecule has 3 aromatic heterocycles. The van der Waals surface area contributed by atoms with Gasteiger partial charge >= 0.3 is 0 Å². The van der Waals surface area contributed by atoms with Gasteiger partial charge in [0.15, 0.2) is 11.5 Å². The molecule has 2 aromatic carbocycles. The lowest BCUT2D eigenvalue weighted by Gasteiger charge is -2.27. The van der Waals surface area contributed by atoms with E-state index < -0.39 is 0 Å². The molecular weight excluding hydrogens is 488 g/mol. The molecule has 1 aliphatic rings. The standard InChI is InChI=1S/C30H30N8O/c31-27(39)18-21-3-1-4-22(17-21)25-10-11-26-30(35-25)38(29(36-26)24-5-2-12-34-28(24)32)23-8-6-20(7-9-23)19-37-15-13-33-14-16-37/h1-12,17,33H,13-16,18-19H2,(H2,31,39)(H2,32,34). The van der Waals surface area contributed by atoms with Gasteiger partial charge in [-0.15, -0.1) is 0 Å². The predicted molar refractivity (Wildman–Crippen MR) is 153 cm³/mol. The highest BCUT2D eigenvalue weighted by Crippen LogP contribution is 2.32. The summed E-state index contributed by atoms with van der Waals surface area (Å²) in [6.07, 6.45) is 1.85. The molecule has 0 radical (unpaired) electrons. The van der Waals surface area contributed by atoms with Crippen LogP contribution in [-0.4, -0.2) is 56.5 Å². The Morgan fingerprint density at radius 2 is 1.74 bits per heavy atom. The number of hydrogen-bond donors (Lipinski definition) is 3. The Labute approximate surface area is 226 Å². The average molecular weight is 519 g/mol. The third-order valence-corrected chi connectivity index (χ3v) is 7.00. The molecule has 5 N–H and O–H groups in total. The van der Waals surface area contributed by atoms with Gasteiger partial charge in [-0.05, 0) is 53.6 Å². The van der Waals surface area contributed by atoms with Gasteiger partial charge in [0.2, 0.25) is 5.91 Å². The number of nitrogens with zero attached hydrogens (tertiary/aromatic N) is 5. The molecule has 0 aliphatic carbocycles. The number of hydrogen-bond acceptors (Lipinski definition) is 7. The fraction of sp³-hybridized carbons (Fsp3) is 0.200. The van der Waals surface area contributed by atoms with Crippen LogP contribution in [0.5, 0.6) is 0 Å². The SMILES string of the molecule is NC(=O)Cc1cccc(-c2ccc3nc(-c4cccnc4N)n(-c4ccc(CN5CCNCC5)cc4)c3n2)c1. The first-order chi connectivity index (χ1) is 19.0. The zero-order valence-corrected chi connectivity index (χ0v) is 21.5. The zero-order chi connectivity index (χ0) is 26.8. The van der Waals surface area contributed by atoms with E-state index >= 15 is 0 Å². The van der Waals surface area contributed by atoms with E-state index in [0.717, 1.165) is 66.3 Å². The van der Waals surface area contributed by atoms with Crippen molar-refractivity contribution in [3.63, 3.8) is 0 Å². The van der Waals surface area contributed by atoms with Crippen LogP contribution < -0.4 is 16.8 Å². The maximum absolute atomic E-state index is 11.5. The number of carbonyl (C=O) groups is 1. The van der Waals surface area contributed by atoms with Crippen LogP contribution in [0.3, 0.4) is 0 Å². The third-order valence-electron chi connectivity index (χ3n) is 7.00. The Kier molecular flexibility index (Phi) is 6.75. The van der Waals surface area contributed by atoms with Crippen molar-refractivity contribution in [2.75, 3.05) is 31.9 Å². The highest BCUT2D eigenvalue weighted by molar-refractivity contribution is 5.85. The molecular formula is C30H30N8O. The Hall–Kier alpha value is -4.60. The highest BCUT2D eigenvalue weighted by atomic mass is 16.1. The molecule has 5 aromatic rings. The van der Waals surface area contributed by atoms with E-state index in [4.69, 9.17) is 21.4 Å². The van der Waals surface area contributed by atoms with Gasteiger partial charge in [-0.1, -0.05) is 30.3 Å². The van der Waals surface area contributed by atoms with E-state index in [1.807, 2.05) is 53.1 Å². The molecule has 0 spiro atoms. The Morgan fingerprint density at radius 1 is 0.923 bits per heavy atom. The number of aromatic nitrogens is 4. The highest BCUT2D eigenvalue weighted by Gasteiger charge is 2.19. The van der Waals surface area contributed by atoms with Crippen molar-refractivity contribution in [2.45, 2.75) is 13.0 Å². The van der Waals surface area contributed by atoms with E-state index in [0.29, 0.717) is 17.3 Å². The Morgan fingerprint density at radius 3 is 2.51 bits per heavy atom. The fourth-order valence-corrected chi connectivity index (χ4v) is 5.07. The van der Waals surface area contributed by atoms with Crippen LogP contribution in [-0.2, 0) is 17.8 Å². The molecule has 196 valence electrons. The smallest absolute Gasteiger partial charge is 0.221 e. The number of imidazole rings is 1. The topological polar surface area (TPSA) is 128 Å². The number of amides is 1. The minimum atomic E-state index is -0.368. The summed E-state index contributed by atoms with van der Waals surface area (Å²) in [6.45, 7) is 5.05.